The maximum Gasteiger partial charge on any atom is 0.222 e. The van der Waals surface area contributed by atoms with Gasteiger partial charge in [-0.25, -0.2) is 0 Å². The van der Waals surface area contributed by atoms with Crippen LogP contribution in [-0.2, 0) is 9.59 Å². The average Bonchev–Trinajstić information content (AvgIpc) is 3.02. The highest BCUT2D eigenvalue weighted by atomic mass is 16.2. The summed E-state index contributed by atoms with van der Waals surface area (Å²) in [6, 6.07) is 0. The minimum absolute atomic E-state index is 0.0990. The summed E-state index contributed by atoms with van der Waals surface area (Å²) in [5.41, 5.74) is 0. The van der Waals surface area contributed by atoms with Crippen LogP contribution in [0.2, 0.25) is 0 Å². The van der Waals surface area contributed by atoms with Crippen LogP contribution in [-0.4, -0.2) is 29.7 Å². The second-order valence-electron chi connectivity index (χ2n) is 4.81. The van der Waals surface area contributed by atoms with Crippen LogP contribution in [0.1, 0.15) is 39.0 Å². The number of nitrogens with zero attached hydrogens (tertiary/aromatic N) is 1. The summed E-state index contributed by atoms with van der Waals surface area (Å²) in [5.74, 6) is 1.36. The monoisotopic (exact) mass is 209 g/mol. The molecule has 0 bridgehead atoms. The largest absolute Gasteiger partial charge is 0.342 e. The van der Waals surface area contributed by atoms with Crippen LogP contribution in [0.5, 0.6) is 0 Å². The van der Waals surface area contributed by atoms with Crippen LogP contribution < -0.4 is 0 Å². The van der Waals surface area contributed by atoms with Gasteiger partial charge in [-0.3, -0.25) is 9.59 Å². The molecule has 1 heterocycles. The van der Waals surface area contributed by atoms with E-state index in [9.17, 15) is 9.59 Å². The Morgan fingerprint density at radius 3 is 2.80 bits per heavy atom. The molecule has 3 heteroatoms. The normalized spacial score (nSPS) is 26.9. The number of carbonyl (C=O) groups is 2. The second kappa shape index (κ2) is 4.33. The van der Waals surface area contributed by atoms with Gasteiger partial charge in [0, 0.05) is 31.8 Å². The average molecular weight is 209 g/mol. The Balaban J connectivity index is 1.86. The van der Waals surface area contributed by atoms with Crippen molar-refractivity contribution in [2.75, 3.05) is 13.1 Å². The van der Waals surface area contributed by atoms with E-state index < -0.39 is 0 Å². The summed E-state index contributed by atoms with van der Waals surface area (Å²) in [4.78, 5) is 25.2. The molecule has 2 rings (SSSR count). The minimum Gasteiger partial charge on any atom is -0.342 e. The Kier molecular flexibility index (Phi) is 3.08. The van der Waals surface area contributed by atoms with Crippen LogP contribution in [0.4, 0.5) is 0 Å². The maximum absolute atomic E-state index is 11.8. The van der Waals surface area contributed by atoms with Crippen LogP contribution >= 0.6 is 0 Å². The number of Topliss-reactive ketones (excluding diaryl/α,β-unsaturated/α-hetero) is 1. The smallest absolute Gasteiger partial charge is 0.222 e. The minimum atomic E-state index is 0.0990. The van der Waals surface area contributed by atoms with E-state index in [-0.39, 0.29) is 11.8 Å². The predicted molar refractivity (Wildman–Crippen MR) is 57.3 cm³/mol. The van der Waals surface area contributed by atoms with Crippen molar-refractivity contribution in [2.24, 2.45) is 11.8 Å². The van der Waals surface area contributed by atoms with Crippen molar-refractivity contribution in [3.8, 4) is 0 Å². The van der Waals surface area contributed by atoms with E-state index in [0.717, 1.165) is 6.42 Å². The Labute approximate surface area is 90.8 Å². The van der Waals surface area contributed by atoms with E-state index in [1.807, 2.05) is 11.8 Å². The van der Waals surface area contributed by atoms with Crippen molar-refractivity contribution < 1.29 is 9.59 Å². The number of hydrogen-bond donors (Lipinski definition) is 0. The van der Waals surface area contributed by atoms with Gasteiger partial charge >= 0.3 is 0 Å². The lowest BCUT2D eigenvalue weighted by molar-refractivity contribution is -0.137. The lowest BCUT2D eigenvalue weighted by atomic mass is 9.94. The third kappa shape index (κ3) is 2.58. The molecule has 1 unspecified atom stereocenters. The molecular formula is C12H19NO2. The number of likely N-dealkylation sites (tertiary alicyclic amines) is 1. The number of piperidine rings is 1. The fraction of sp³-hybridized carbons (Fsp3) is 0.833. The van der Waals surface area contributed by atoms with E-state index in [1.165, 1.54) is 12.8 Å². The molecule has 1 aliphatic carbocycles. The van der Waals surface area contributed by atoms with Gasteiger partial charge in [0.05, 0.1) is 0 Å². The van der Waals surface area contributed by atoms with Crippen LogP contribution in [0, 0.1) is 11.8 Å². The SMILES string of the molecule is CCC1CN(C(=O)CC2CC2)CCC1=O. The fourth-order valence-corrected chi connectivity index (χ4v) is 2.19. The summed E-state index contributed by atoms with van der Waals surface area (Å²) < 4.78 is 0. The molecule has 1 aliphatic heterocycles. The first-order chi connectivity index (χ1) is 7.20. The van der Waals surface area contributed by atoms with Crippen molar-refractivity contribution in [3.05, 3.63) is 0 Å². The van der Waals surface area contributed by atoms with Gasteiger partial charge in [-0.05, 0) is 25.2 Å². The molecule has 0 spiro atoms. The van der Waals surface area contributed by atoms with Crippen molar-refractivity contribution in [3.63, 3.8) is 0 Å². The van der Waals surface area contributed by atoms with Gasteiger partial charge < -0.3 is 4.90 Å². The van der Waals surface area contributed by atoms with Gasteiger partial charge in [0.2, 0.25) is 5.91 Å². The molecule has 1 saturated heterocycles. The zero-order chi connectivity index (χ0) is 10.8. The summed E-state index contributed by atoms with van der Waals surface area (Å²) in [7, 11) is 0. The van der Waals surface area contributed by atoms with Crippen molar-refractivity contribution >= 4 is 11.7 Å². The van der Waals surface area contributed by atoms with Gasteiger partial charge in [0.15, 0.2) is 0 Å². The highest BCUT2D eigenvalue weighted by Gasteiger charge is 2.31. The van der Waals surface area contributed by atoms with Crippen molar-refractivity contribution in [1.29, 1.82) is 0 Å². The molecule has 0 aromatic heterocycles. The molecule has 1 amide bonds. The topological polar surface area (TPSA) is 37.4 Å². The van der Waals surface area contributed by atoms with E-state index in [1.54, 1.807) is 0 Å². The molecule has 0 aromatic carbocycles. The molecule has 15 heavy (non-hydrogen) atoms. The molecule has 1 saturated carbocycles. The zero-order valence-corrected chi connectivity index (χ0v) is 9.37. The lowest BCUT2D eigenvalue weighted by Gasteiger charge is -2.31. The maximum atomic E-state index is 11.8. The first-order valence-corrected chi connectivity index (χ1v) is 6.01. The van der Waals surface area contributed by atoms with E-state index in [2.05, 4.69) is 0 Å². The molecule has 2 aliphatic rings. The Morgan fingerprint density at radius 1 is 1.47 bits per heavy atom. The van der Waals surface area contributed by atoms with Crippen LogP contribution in [0.25, 0.3) is 0 Å². The molecular weight excluding hydrogens is 190 g/mol. The van der Waals surface area contributed by atoms with Gasteiger partial charge in [0.1, 0.15) is 5.78 Å². The van der Waals surface area contributed by atoms with Gasteiger partial charge in [-0.2, -0.15) is 0 Å². The van der Waals surface area contributed by atoms with E-state index in [0.29, 0.717) is 37.6 Å². The molecule has 0 N–H and O–H groups in total. The van der Waals surface area contributed by atoms with E-state index in [4.69, 9.17) is 0 Å². The van der Waals surface area contributed by atoms with Gasteiger partial charge in [-0.15, -0.1) is 0 Å². The molecule has 1 atom stereocenters. The molecule has 84 valence electrons. The first kappa shape index (κ1) is 10.7. The first-order valence-electron chi connectivity index (χ1n) is 6.01. The fourth-order valence-electron chi connectivity index (χ4n) is 2.19. The number of amides is 1. The molecule has 0 aromatic rings. The molecule has 3 nitrogen and oxygen atoms in total. The lowest BCUT2D eigenvalue weighted by Crippen LogP contribution is -2.44. The van der Waals surface area contributed by atoms with Crippen LogP contribution in [0.3, 0.4) is 0 Å². The molecule has 0 radical (unpaired) electrons. The van der Waals surface area contributed by atoms with E-state index >= 15 is 0 Å². The Hall–Kier alpha value is -0.860. The molecule has 2 fully saturated rings. The van der Waals surface area contributed by atoms with Gasteiger partial charge in [-0.1, -0.05) is 6.92 Å². The highest BCUT2D eigenvalue weighted by molar-refractivity contribution is 5.85. The third-order valence-corrected chi connectivity index (χ3v) is 3.53. The number of rotatable bonds is 3. The summed E-state index contributed by atoms with van der Waals surface area (Å²) in [5, 5.41) is 0. The number of carbonyl (C=O) groups excluding carboxylic acids is 2. The predicted octanol–water partition coefficient (Wildman–Crippen LogP) is 1.61. The Bertz CT molecular complexity index is 271. The zero-order valence-electron chi connectivity index (χ0n) is 9.37. The number of hydrogen-bond acceptors (Lipinski definition) is 2. The van der Waals surface area contributed by atoms with Gasteiger partial charge in [0.25, 0.3) is 0 Å². The highest BCUT2D eigenvalue weighted by Crippen LogP contribution is 2.33. The van der Waals surface area contributed by atoms with Crippen molar-refractivity contribution in [1.82, 2.24) is 4.90 Å². The summed E-state index contributed by atoms with van der Waals surface area (Å²) in [6.07, 6.45) is 4.58. The third-order valence-electron chi connectivity index (χ3n) is 3.53. The summed E-state index contributed by atoms with van der Waals surface area (Å²) in [6.45, 7) is 3.35. The quantitative estimate of drug-likeness (QED) is 0.708. The standard InChI is InChI=1S/C12H19NO2/c1-2-10-8-13(6-5-11(10)14)12(15)7-9-3-4-9/h9-10H,2-8H2,1H3. The summed E-state index contributed by atoms with van der Waals surface area (Å²) >= 11 is 0. The Morgan fingerprint density at radius 2 is 2.20 bits per heavy atom. The second-order valence-corrected chi connectivity index (χ2v) is 4.81. The number of ketones is 1. The van der Waals surface area contributed by atoms with Crippen LogP contribution in [0.15, 0.2) is 0 Å². The van der Waals surface area contributed by atoms with Crippen molar-refractivity contribution in [2.45, 2.75) is 39.0 Å².